The van der Waals surface area contributed by atoms with Gasteiger partial charge < -0.3 is 10.0 Å². The molecule has 1 aliphatic heterocycles. The molecule has 15 heavy (non-hydrogen) atoms. The minimum absolute atomic E-state index is 0.162. The predicted octanol–water partition coefficient (Wildman–Crippen LogP) is 0.910. The molecule has 0 aliphatic carbocycles. The Morgan fingerprint density at radius 1 is 1.73 bits per heavy atom. The minimum atomic E-state index is -0.944. The minimum Gasteiger partial charge on any atom is -0.388 e. The monoisotopic (exact) mass is 210 g/mol. The summed E-state index contributed by atoms with van der Waals surface area (Å²) in [4.78, 5) is 13.6. The second kappa shape index (κ2) is 3.82. The highest BCUT2D eigenvalue weighted by atomic mass is 16.3. The largest absolute Gasteiger partial charge is 0.388 e. The summed E-state index contributed by atoms with van der Waals surface area (Å²) >= 11 is 0. The molecule has 1 heterocycles. The Kier molecular flexibility index (Phi) is 3.05. The van der Waals surface area contributed by atoms with Crippen molar-refractivity contribution in [3.8, 4) is 6.07 Å². The number of carbonyl (C=O) groups is 1. The second-order valence-corrected chi connectivity index (χ2v) is 4.77. The van der Waals surface area contributed by atoms with Crippen molar-refractivity contribution in [2.45, 2.75) is 39.2 Å². The van der Waals surface area contributed by atoms with Crippen molar-refractivity contribution >= 4 is 5.91 Å². The number of carbonyl (C=O) groups excluding carboxylic acids is 1. The van der Waals surface area contributed by atoms with E-state index in [2.05, 4.69) is 6.07 Å². The van der Waals surface area contributed by atoms with Gasteiger partial charge in [-0.3, -0.25) is 4.79 Å². The zero-order valence-electron chi connectivity index (χ0n) is 9.58. The Labute approximate surface area is 90.5 Å². The fourth-order valence-electron chi connectivity index (χ4n) is 1.75. The van der Waals surface area contributed by atoms with Crippen LogP contribution in [-0.4, -0.2) is 34.6 Å². The molecule has 1 rings (SSSR count). The lowest BCUT2D eigenvalue weighted by Gasteiger charge is -2.26. The lowest BCUT2D eigenvalue weighted by Crippen LogP contribution is -2.42. The van der Waals surface area contributed by atoms with Crippen molar-refractivity contribution < 1.29 is 9.90 Å². The normalized spacial score (nSPS) is 29.7. The average Bonchev–Trinajstić information content (AvgIpc) is 2.56. The summed E-state index contributed by atoms with van der Waals surface area (Å²) in [6, 6.07) is 2.06. The summed E-state index contributed by atoms with van der Waals surface area (Å²) in [5, 5.41) is 18.7. The highest BCUT2D eigenvalue weighted by Crippen LogP contribution is 2.28. The van der Waals surface area contributed by atoms with Crippen molar-refractivity contribution in [2.24, 2.45) is 5.41 Å². The van der Waals surface area contributed by atoms with Crippen molar-refractivity contribution in [1.82, 2.24) is 4.90 Å². The van der Waals surface area contributed by atoms with Crippen molar-refractivity contribution in [3.05, 3.63) is 0 Å². The van der Waals surface area contributed by atoms with E-state index in [1.54, 1.807) is 18.7 Å². The fourth-order valence-corrected chi connectivity index (χ4v) is 1.75. The van der Waals surface area contributed by atoms with Gasteiger partial charge in [-0.2, -0.15) is 5.26 Å². The highest BCUT2D eigenvalue weighted by Gasteiger charge is 2.41. The number of hydrogen-bond acceptors (Lipinski definition) is 3. The Bertz CT molecular complexity index is 306. The molecule has 0 radical (unpaired) electrons. The molecule has 2 atom stereocenters. The van der Waals surface area contributed by atoms with E-state index in [1.807, 2.05) is 6.92 Å². The molecule has 0 bridgehead atoms. The number of rotatable bonds is 2. The number of likely N-dealkylation sites (tertiary alicyclic amines) is 1. The van der Waals surface area contributed by atoms with Gasteiger partial charge in [0.15, 0.2) is 0 Å². The van der Waals surface area contributed by atoms with Gasteiger partial charge in [-0.1, -0.05) is 6.92 Å². The van der Waals surface area contributed by atoms with Crippen LogP contribution in [0.1, 0.15) is 33.6 Å². The smallest absolute Gasteiger partial charge is 0.242 e. The summed E-state index contributed by atoms with van der Waals surface area (Å²) in [6.45, 7) is 6.08. The number of aliphatic hydroxyl groups is 1. The van der Waals surface area contributed by atoms with E-state index in [1.165, 1.54) is 0 Å². The van der Waals surface area contributed by atoms with Gasteiger partial charge in [0.25, 0.3) is 0 Å². The molecule has 0 spiro atoms. The van der Waals surface area contributed by atoms with Crippen LogP contribution in [0, 0.1) is 16.7 Å². The van der Waals surface area contributed by atoms with Gasteiger partial charge in [-0.15, -0.1) is 0 Å². The molecule has 1 aliphatic rings. The first-order chi connectivity index (χ1) is 6.84. The van der Waals surface area contributed by atoms with Gasteiger partial charge in [0.1, 0.15) is 5.41 Å². The van der Waals surface area contributed by atoms with Gasteiger partial charge in [-0.25, -0.2) is 0 Å². The highest BCUT2D eigenvalue weighted by molar-refractivity contribution is 5.85. The topological polar surface area (TPSA) is 64.3 Å². The van der Waals surface area contributed by atoms with Crippen LogP contribution in [0.5, 0.6) is 0 Å². The van der Waals surface area contributed by atoms with E-state index in [9.17, 15) is 9.90 Å². The number of β-amino-alcohol motifs (C(OH)–C–C–N with tert-alkyl or cyclic N) is 1. The van der Waals surface area contributed by atoms with Crippen LogP contribution < -0.4 is 0 Å². The average molecular weight is 210 g/mol. The van der Waals surface area contributed by atoms with Crippen LogP contribution in [0.4, 0.5) is 0 Å². The maximum Gasteiger partial charge on any atom is 0.242 e. The molecule has 0 saturated carbocycles. The second-order valence-electron chi connectivity index (χ2n) is 4.77. The van der Waals surface area contributed by atoms with Gasteiger partial charge >= 0.3 is 0 Å². The summed E-state index contributed by atoms with van der Waals surface area (Å²) in [6.07, 6.45) is 1.09. The zero-order chi connectivity index (χ0) is 11.7. The number of amides is 1. The van der Waals surface area contributed by atoms with Gasteiger partial charge in [-0.05, 0) is 26.7 Å². The molecule has 0 aromatic rings. The first kappa shape index (κ1) is 12.0. The SMILES string of the molecule is CCC(C)(C#N)C(=O)N1CCC(C)(O)C1. The third-order valence-corrected chi connectivity index (χ3v) is 3.16. The van der Waals surface area contributed by atoms with E-state index in [4.69, 9.17) is 5.26 Å². The quantitative estimate of drug-likeness (QED) is 0.736. The molecule has 84 valence electrons. The first-order valence-electron chi connectivity index (χ1n) is 5.28. The van der Waals surface area contributed by atoms with Gasteiger partial charge in [0.2, 0.25) is 5.91 Å². The molecular weight excluding hydrogens is 192 g/mol. The van der Waals surface area contributed by atoms with Crippen molar-refractivity contribution in [1.29, 1.82) is 5.26 Å². The summed E-state index contributed by atoms with van der Waals surface area (Å²) in [5.74, 6) is -0.162. The Morgan fingerprint density at radius 2 is 2.33 bits per heavy atom. The lowest BCUT2D eigenvalue weighted by atomic mass is 9.88. The summed E-state index contributed by atoms with van der Waals surface area (Å²) in [7, 11) is 0. The summed E-state index contributed by atoms with van der Waals surface area (Å²) < 4.78 is 0. The predicted molar refractivity (Wildman–Crippen MR) is 55.8 cm³/mol. The molecule has 0 aromatic heterocycles. The Hall–Kier alpha value is -1.08. The third-order valence-electron chi connectivity index (χ3n) is 3.16. The lowest BCUT2D eigenvalue weighted by molar-refractivity contribution is -0.138. The Morgan fingerprint density at radius 3 is 2.67 bits per heavy atom. The summed E-state index contributed by atoms with van der Waals surface area (Å²) in [5.41, 5.74) is -1.74. The van der Waals surface area contributed by atoms with Crippen LogP contribution in [0.25, 0.3) is 0 Å². The molecule has 4 nitrogen and oxygen atoms in total. The van der Waals surface area contributed by atoms with Crippen LogP contribution in [-0.2, 0) is 4.79 Å². The fraction of sp³-hybridized carbons (Fsp3) is 0.818. The molecule has 1 saturated heterocycles. The van der Waals surface area contributed by atoms with Gasteiger partial charge in [0, 0.05) is 13.1 Å². The number of hydrogen-bond donors (Lipinski definition) is 1. The van der Waals surface area contributed by atoms with Crippen molar-refractivity contribution in [3.63, 3.8) is 0 Å². The van der Waals surface area contributed by atoms with E-state index >= 15 is 0 Å². The molecule has 2 unspecified atom stereocenters. The Balaban J connectivity index is 2.76. The molecule has 4 heteroatoms. The van der Waals surface area contributed by atoms with E-state index < -0.39 is 11.0 Å². The van der Waals surface area contributed by atoms with Gasteiger partial charge in [0.05, 0.1) is 11.7 Å². The van der Waals surface area contributed by atoms with Crippen molar-refractivity contribution in [2.75, 3.05) is 13.1 Å². The van der Waals surface area contributed by atoms with Crippen LogP contribution in [0.2, 0.25) is 0 Å². The maximum atomic E-state index is 12.0. The maximum absolute atomic E-state index is 12.0. The number of nitriles is 1. The standard InChI is InChI=1S/C11H18N2O2/c1-4-10(2,7-12)9(14)13-6-5-11(3,15)8-13/h15H,4-6,8H2,1-3H3. The number of nitrogens with zero attached hydrogens (tertiary/aromatic N) is 2. The van der Waals surface area contributed by atoms with Crippen LogP contribution >= 0.6 is 0 Å². The van der Waals surface area contributed by atoms with E-state index in [-0.39, 0.29) is 5.91 Å². The molecule has 0 aromatic carbocycles. The van der Waals surface area contributed by atoms with E-state index in [0.29, 0.717) is 25.9 Å². The molecule has 1 fully saturated rings. The zero-order valence-corrected chi connectivity index (χ0v) is 9.58. The van der Waals surface area contributed by atoms with Crippen LogP contribution in [0.15, 0.2) is 0 Å². The van der Waals surface area contributed by atoms with E-state index in [0.717, 1.165) is 0 Å². The molecule has 1 amide bonds. The third kappa shape index (κ3) is 2.29. The molecular formula is C11H18N2O2. The van der Waals surface area contributed by atoms with Crippen LogP contribution in [0.3, 0.4) is 0 Å². The first-order valence-corrected chi connectivity index (χ1v) is 5.28. The molecule has 1 N–H and O–H groups in total.